The van der Waals surface area contributed by atoms with E-state index in [4.69, 9.17) is 10.8 Å². The summed E-state index contributed by atoms with van der Waals surface area (Å²) in [6.45, 7) is 0.921. The number of carboxylic acid groups (broad SMARTS) is 1. The number of benzene rings is 2. The molecule has 1 aliphatic rings. The second kappa shape index (κ2) is 19.5. The van der Waals surface area contributed by atoms with Crippen molar-refractivity contribution in [2.45, 2.75) is 59.0 Å². The van der Waals surface area contributed by atoms with E-state index in [2.05, 4.69) is 50.8 Å². The number of carbonyl (C=O) groups is 4. The van der Waals surface area contributed by atoms with Gasteiger partial charge in [-0.2, -0.15) is 0 Å². The molecule has 3 heterocycles. The monoisotopic (exact) mass is 618 g/mol. The largest absolute Gasteiger partial charge is 0.481 e. The average molecular weight is 619 g/mol. The lowest BCUT2D eigenvalue weighted by atomic mass is 10.1. The minimum absolute atomic E-state index is 0. The summed E-state index contributed by atoms with van der Waals surface area (Å²) in [6.07, 6.45) is 4.55. The second-order valence-electron chi connectivity index (χ2n) is 9.06. The van der Waals surface area contributed by atoms with Gasteiger partial charge in [0, 0.05) is 49.9 Å². The maximum Gasteiger partial charge on any atom is 0.313 e. The molecule has 1 aliphatic heterocycles. The first-order valence-electron chi connectivity index (χ1n) is 13.5. The van der Waals surface area contributed by atoms with Gasteiger partial charge in [0.05, 0.1) is 0 Å². The molecule has 0 unspecified atom stereocenters. The van der Waals surface area contributed by atoms with Crippen LogP contribution in [0.4, 0.5) is 0 Å². The second-order valence-corrected chi connectivity index (χ2v) is 9.06. The Morgan fingerprint density at radius 1 is 0.756 bits per heavy atom. The molecule has 5 rings (SSSR count). The zero-order chi connectivity index (χ0) is 31.6. The van der Waals surface area contributed by atoms with Gasteiger partial charge >= 0.3 is 17.9 Å². The Hall–Kier alpha value is -5.64. The number of carbonyl (C=O) groups excluding carboxylic acids is 3. The molecule has 0 radical (unpaired) electrons. The number of hydrogen-bond acceptors (Lipinski definition) is 14. The van der Waals surface area contributed by atoms with Crippen molar-refractivity contribution in [1.29, 1.82) is 0 Å². The molecule has 45 heavy (non-hydrogen) atoms. The predicted molar refractivity (Wildman–Crippen MR) is 159 cm³/mol. The number of esters is 2. The molecule has 0 spiro atoms. The van der Waals surface area contributed by atoms with Crippen LogP contribution in [-0.4, -0.2) is 69.7 Å². The molecule has 4 aromatic rings. The summed E-state index contributed by atoms with van der Waals surface area (Å²) in [4.78, 5) is 42.4. The highest BCUT2D eigenvalue weighted by atomic mass is 16.6. The molecule has 2 aromatic heterocycles. The van der Waals surface area contributed by atoms with Gasteiger partial charge in [0.25, 0.3) is 0 Å². The van der Waals surface area contributed by atoms with Crippen LogP contribution in [0.5, 0.6) is 0 Å². The van der Waals surface area contributed by atoms with E-state index in [9.17, 15) is 19.2 Å². The Morgan fingerprint density at radius 3 is 1.62 bits per heavy atom. The number of nitrogens with zero attached hydrogens (tertiary/aromatic N) is 8. The lowest BCUT2D eigenvalue weighted by molar-refractivity contribution is -0.163. The fourth-order valence-corrected chi connectivity index (χ4v) is 3.50. The third-order valence-electron chi connectivity index (χ3n) is 5.75. The quantitative estimate of drug-likeness (QED) is 0.180. The highest BCUT2D eigenvalue weighted by molar-refractivity contribution is 5.87. The van der Waals surface area contributed by atoms with Gasteiger partial charge in [0.15, 0.2) is 12.7 Å². The van der Waals surface area contributed by atoms with Crippen molar-refractivity contribution in [3.8, 4) is 22.8 Å². The van der Waals surface area contributed by atoms with Gasteiger partial charge in [-0.25, -0.2) is 0 Å². The first kappa shape index (κ1) is 35.6. The van der Waals surface area contributed by atoms with Crippen LogP contribution >= 0.6 is 0 Å². The van der Waals surface area contributed by atoms with Crippen molar-refractivity contribution < 1.29 is 29.0 Å². The van der Waals surface area contributed by atoms with E-state index in [1.807, 2.05) is 48.5 Å². The van der Waals surface area contributed by atoms with Crippen LogP contribution in [-0.2, 0) is 37.0 Å². The summed E-state index contributed by atoms with van der Waals surface area (Å²) < 4.78 is 4.21. The van der Waals surface area contributed by atoms with E-state index in [-0.39, 0.29) is 38.1 Å². The molecule has 16 nitrogen and oxygen atoms in total. The normalized spacial score (nSPS) is 11.8. The van der Waals surface area contributed by atoms with Crippen molar-refractivity contribution in [3.63, 3.8) is 0 Å². The van der Waals surface area contributed by atoms with Crippen LogP contribution in [0.2, 0.25) is 0 Å². The first-order chi connectivity index (χ1) is 21.3. The zero-order valence-electron chi connectivity index (χ0n) is 23.6. The Balaban J connectivity index is 0.000000261. The van der Waals surface area contributed by atoms with Gasteiger partial charge in [-0.1, -0.05) is 56.0 Å². The summed E-state index contributed by atoms with van der Waals surface area (Å²) in [5.74, 6) is -0.869. The molecular formula is C29H34N10O6. The van der Waals surface area contributed by atoms with Gasteiger partial charge in [-0.05, 0) is 24.0 Å². The fraction of sp³-hybridized carbons (Fsp3) is 0.310. The molecule has 1 fully saturated rings. The minimum atomic E-state index is -0.893. The van der Waals surface area contributed by atoms with Gasteiger partial charge < -0.3 is 20.9 Å². The number of cyclic esters (lactones) is 2. The van der Waals surface area contributed by atoms with Crippen molar-refractivity contribution in [3.05, 3.63) is 72.3 Å². The molecule has 236 valence electrons. The molecule has 16 heteroatoms. The van der Waals surface area contributed by atoms with Crippen molar-refractivity contribution in [2.75, 3.05) is 0 Å². The maximum absolute atomic E-state index is 11.5. The Labute approximate surface area is 258 Å². The van der Waals surface area contributed by atoms with Crippen molar-refractivity contribution in [2.24, 2.45) is 5.73 Å². The standard InChI is InChI=1S/C14H15N5O3.C9H9N5.C5H6O3.CH4/c20-12(2-1-3-13(21)22)15-8-10-4-6-11(7-5-10)14-18-16-9-17-19-14;10-5-7-1-3-8(4-2-7)9-13-11-6-12-14-9;6-4-2-1-3-5(7)8-4;/h4-7,9H,1-3,8H2,(H,15,20)(H,21,22);1-4,6H,5,10H2;1-3H2;1H4. The van der Waals surface area contributed by atoms with Gasteiger partial charge in [0.2, 0.25) is 17.6 Å². The Kier molecular flexibility index (Phi) is 15.4. The molecule has 0 saturated carbocycles. The summed E-state index contributed by atoms with van der Waals surface area (Å²) in [5, 5.41) is 41.3. The minimum Gasteiger partial charge on any atom is -0.481 e. The van der Waals surface area contributed by atoms with Crippen LogP contribution < -0.4 is 11.1 Å². The Morgan fingerprint density at radius 2 is 1.22 bits per heavy atom. The fourth-order valence-electron chi connectivity index (χ4n) is 3.50. The van der Waals surface area contributed by atoms with Crippen LogP contribution in [0.25, 0.3) is 22.8 Å². The van der Waals surface area contributed by atoms with E-state index < -0.39 is 5.97 Å². The van der Waals surface area contributed by atoms with Gasteiger partial charge in [-0.15, -0.1) is 40.8 Å². The lowest BCUT2D eigenvalue weighted by Gasteiger charge is -2.06. The molecule has 0 atom stereocenters. The number of nitrogens with one attached hydrogen (secondary N) is 1. The smallest absolute Gasteiger partial charge is 0.313 e. The zero-order valence-corrected chi connectivity index (χ0v) is 23.6. The number of aromatic nitrogens is 8. The van der Waals surface area contributed by atoms with E-state index in [1.54, 1.807) is 0 Å². The average Bonchev–Trinajstić information content (AvgIpc) is 3.05. The Bertz CT molecular complexity index is 1480. The van der Waals surface area contributed by atoms with Crippen LogP contribution in [0.15, 0.2) is 61.2 Å². The first-order valence-corrected chi connectivity index (χ1v) is 13.5. The number of amides is 1. The maximum atomic E-state index is 11.5. The molecule has 1 saturated heterocycles. The van der Waals surface area contributed by atoms with E-state index >= 15 is 0 Å². The van der Waals surface area contributed by atoms with Gasteiger partial charge in [-0.3, -0.25) is 19.2 Å². The topological polar surface area (TPSA) is 239 Å². The molecular weight excluding hydrogens is 584 g/mol. The number of carboxylic acids is 1. The van der Waals surface area contributed by atoms with Crippen molar-refractivity contribution >= 4 is 23.8 Å². The highest BCUT2D eigenvalue weighted by Crippen LogP contribution is 2.14. The summed E-state index contributed by atoms with van der Waals surface area (Å²) >= 11 is 0. The number of hydrogen-bond donors (Lipinski definition) is 3. The van der Waals surface area contributed by atoms with Crippen molar-refractivity contribution in [1.82, 2.24) is 46.1 Å². The third-order valence-corrected chi connectivity index (χ3v) is 5.75. The van der Waals surface area contributed by atoms with E-state index in [0.29, 0.717) is 50.4 Å². The number of ether oxygens (including phenoxy) is 1. The van der Waals surface area contributed by atoms with Crippen LogP contribution in [0.1, 0.15) is 57.1 Å². The van der Waals surface area contributed by atoms with E-state index in [0.717, 1.165) is 22.3 Å². The molecule has 2 aromatic carbocycles. The number of aliphatic carboxylic acids is 1. The molecule has 0 bridgehead atoms. The number of nitrogens with two attached hydrogens (primary N) is 1. The summed E-state index contributed by atoms with van der Waals surface area (Å²) in [7, 11) is 0. The summed E-state index contributed by atoms with van der Waals surface area (Å²) in [5.41, 5.74) is 9.16. The SMILES string of the molecule is C.NCc1ccc(-c2nncnn2)cc1.O=C(O)CCCC(=O)NCc1ccc(-c2nncnn2)cc1.O=C1CCCC(=O)O1. The molecule has 4 N–H and O–H groups in total. The summed E-state index contributed by atoms with van der Waals surface area (Å²) in [6, 6.07) is 15.0. The number of rotatable bonds is 9. The predicted octanol–water partition coefficient (Wildman–Crippen LogP) is 2.07. The lowest BCUT2D eigenvalue weighted by Crippen LogP contribution is -2.22. The van der Waals surface area contributed by atoms with Crippen LogP contribution in [0.3, 0.4) is 0 Å². The third kappa shape index (κ3) is 13.5. The highest BCUT2D eigenvalue weighted by Gasteiger charge is 2.16. The molecule has 1 amide bonds. The van der Waals surface area contributed by atoms with E-state index in [1.165, 1.54) is 12.7 Å². The molecule has 0 aliphatic carbocycles. The van der Waals surface area contributed by atoms with Crippen LogP contribution in [0, 0.1) is 0 Å². The van der Waals surface area contributed by atoms with Gasteiger partial charge in [0.1, 0.15) is 0 Å².